The first-order chi connectivity index (χ1) is 15.9. The minimum absolute atomic E-state index is 0.0573. The Balaban J connectivity index is 1.63. The third-order valence-electron chi connectivity index (χ3n) is 4.93. The van der Waals surface area contributed by atoms with Crippen molar-refractivity contribution in [2.24, 2.45) is 0 Å². The van der Waals surface area contributed by atoms with Gasteiger partial charge in [0.15, 0.2) is 5.16 Å². The molecule has 172 valence electrons. The van der Waals surface area contributed by atoms with Crippen LogP contribution < -0.4 is 15.4 Å². The lowest BCUT2D eigenvalue weighted by atomic mass is 10.1. The van der Waals surface area contributed by atoms with E-state index >= 15 is 0 Å². The highest BCUT2D eigenvalue weighted by Gasteiger charge is 2.17. The van der Waals surface area contributed by atoms with Gasteiger partial charge < -0.3 is 19.9 Å². The van der Waals surface area contributed by atoms with Crippen molar-refractivity contribution in [2.45, 2.75) is 32.0 Å². The molecule has 0 aliphatic carbocycles. The normalized spacial score (nSPS) is 10.5. The number of carbonyl (C=O) groups is 2. The van der Waals surface area contributed by atoms with Crippen LogP contribution in [0.25, 0.3) is 0 Å². The molecule has 2 amide bonds. The molecule has 0 bridgehead atoms. The number of amides is 2. The van der Waals surface area contributed by atoms with Crippen LogP contribution in [0.2, 0.25) is 0 Å². The summed E-state index contributed by atoms with van der Waals surface area (Å²) in [5, 5.41) is 14.6. The van der Waals surface area contributed by atoms with Crippen LogP contribution in [-0.4, -0.2) is 39.4 Å². The molecule has 0 spiro atoms. The Labute approximate surface area is 197 Å². The number of aromatic nitrogens is 3. The average Bonchev–Trinajstić information content (AvgIpc) is 3.16. The van der Waals surface area contributed by atoms with Gasteiger partial charge >= 0.3 is 0 Å². The number of hydrogen-bond donors (Lipinski definition) is 2. The van der Waals surface area contributed by atoms with E-state index in [-0.39, 0.29) is 24.0 Å². The summed E-state index contributed by atoms with van der Waals surface area (Å²) >= 11 is 1.24. The van der Waals surface area contributed by atoms with Gasteiger partial charge in [-0.1, -0.05) is 36.0 Å². The summed E-state index contributed by atoms with van der Waals surface area (Å²) in [7, 11) is 1.55. The first-order valence-electron chi connectivity index (χ1n) is 10.4. The van der Waals surface area contributed by atoms with E-state index in [2.05, 4.69) is 27.4 Å². The van der Waals surface area contributed by atoms with E-state index in [0.29, 0.717) is 29.0 Å². The molecule has 33 heavy (non-hydrogen) atoms. The molecule has 0 saturated heterocycles. The maximum Gasteiger partial charge on any atom is 0.234 e. The van der Waals surface area contributed by atoms with Gasteiger partial charge in [0, 0.05) is 12.2 Å². The van der Waals surface area contributed by atoms with Crippen molar-refractivity contribution < 1.29 is 14.3 Å². The van der Waals surface area contributed by atoms with E-state index < -0.39 is 0 Å². The number of para-hydroxylation sites is 2. The van der Waals surface area contributed by atoms with Gasteiger partial charge in [0.1, 0.15) is 11.6 Å². The number of ether oxygens (including phenoxy) is 1. The number of anilines is 2. The van der Waals surface area contributed by atoms with E-state index in [4.69, 9.17) is 4.74 Å². The SMILES string of the molecule is C=CCn1c(CC(=O)Nc2ccc(C)c(C)c2)nnc1SCC(=O)Nc1ccccc1OC. The Morgan fingerprint density at radius 2 is 1.88 bits per heavy atom. The summed E-state index contributed by atoms with van der Waals surface area (Å²) < 4.78 is 7.04. The molecule has 2 aromatic carbocycles. The second-order valence-corrected chi connectivity index (χ2v) is 8.30. The third-order valence-corrected chi connectivity index (χ3v) is 5.89. The van der Waals surface area contributed by atoms with Crippen LogP contribution in [0, 0.1) is 13.8 Å². The number of carbonyl (C=O) groups excluding carboxylic acids is 2. The Kier molecular flexibility index (Phi) is 8.26. The van der Waals surface area contributed by atoms with Gasteiger partial charge in [-0.2, -0.15) is 0 Å². The van der Waals surface area contributed by atoms with Crippen molar-refractivity contribution in [2.75, 3.05) is 23.5 Å². The van der Waals surface area contributed by atoms with Gasteiger partial charge in [0.05, 0.1) is 25.0 Å². The summed E-state index contributed by atoms with van der Waals surface area (Å²) in [6.07, 6.45) is 1.76. The predicted molar refractivity (Wildman–Crippen MR) is 131 cm³/mol. The van der Waals surface area contributed by atoms with Crippen molar-refractivity contribution in [3.63, 3.8) is 0 Å². The highest BCUT2D eigenvalue weighted by Crippen LogP contribution is 2.24. The average molecular weight is 466 g/mol. The zero-order chi connectivity index (χ0) is 23.8. The largest absolute Gasteiger partial charge is 0.495 e. The van der Waals surface area contributed by atoms with Crippen LogP contribution in [0.3, 0.4) is 0 Å². The van der Waals surface area contributed by atoms with Gasteiger partial charge in [-0.15, -0.1) is 16.8 Å². The second kappa shape index (κ2) is 11.3. The Morgan fingerprint density at radius 1 is 1.09 bits per heavy atom. The fourth-order valence-corrected chi connectivity index (χ4v) is 3.87. The molecule has 0 radical (unpaired) electrons. The van der Waals surface area contributed by atoms with Gasteiger partial charge in [-0.3, -0.25) is 9.59 Å². The van der Waals surface area contributed by atoms with Crippen molar-refractivity contribution in [3.8, 4) is 5.75 Å². The van der Waals surface area contributed by atoms with Crippen LogP contribution in [-0.2, 0) is 22.6 Å². The van der Waals surface area contributed by atoms with Crippen LogP contribution in [0.5, 0.6) is 5.75 Å². The van der Waals surface area contributed by atoms with Gasteiger partial charge in [0.2, 0.25) is 11.8 Å². The first kappa shape index (κ1) is 24.1. The summed E-state index contributed by atoms with van der Waals surface area (Å²) in [6.45, 7) is 8.22. The molecule has 1 aromatic heterocycles. The lowest BCUT2D eigenvalue weighted by Crippen LogP contribution is -2.18. The van der Waals surface area contributed by atoms with E-state index in [9.17, 15) is 9.59 Å². The molecule has 3 rings (SSSR count). The Morgan fingerprint density at radius 3 is 2.61 bits per heavy atom. The highest BCUT2D eigenvalue weighted by atomic mass is 32.2. The van der Waals surface area contributed by atoms with Crippen LogP contribution in [0.4, 0.5) is 11.4 Å². The van der Waals surface area contributed by atoms with Crippen molar-refractivity contribution in [1.29, 1.82) is 0 Å². The molecule has 0 aliphatic heterocycles. The molecule has 9 heteroatoms. The van der Waals surface area contributed by atoms with E-state index in [1.54, 1.807) is 29.9 Å². The second-order valence-electron chi connectivity index (χ2n) is 7.36. The number of aryl methyl sites for hydroxylation is 2. The molecule has 8 nitrogen and oxygen atoms in total. The molecule has 0 unspecified atom stereocenters. The van der Waals surface area contributed by atoms with E-state index in [0.717, 1.165) is 16.8 Å². The smallest absolute Gasteiger partial charge is 0.234 e. The maximum absolute atomic E-state index is 12.6. The highest BCUT2D eigenvalue weighted by molar-refractivity contribution is 7.99. The number of hydrogen-bond acceptors (Lipinski definition) is 6. The number of methoxy groups -OCH3 is 1. The van der Waals surface area contributed by atoms with Crippen LogP contribution in [0.1, 0.15) is 17.0 Å². The molecular weight excluding hydrogens is 438 g/mol. The Hall–Kier alpha value is -3.59. The number of nitrogens with one attached hydrogen (secondary N) is 2. The summed E-state index contributed by atoms with van der Waals surface area (Å²) in [5.74, 6) is 0.821. The molecular formula is C24H27N5O3S. The fourth-order valence-electron chi connectivity index (χ4n) is 3.10. The minimum atomic E-state index is -0.202. The molecule has 0 fully saturated rings. The zero-order valence-corrected chi connectivity index (χ0v) is 19.7. The Bertz CT molecular complexity index is 1160. The zero-order valence-electron chi connectivity index (χ0n) is 18.9. The van der Waals surface area contributed by atoms with Crippen molar-refractivity contribution in [1.82, 2.24) is 14.8 Å². The van der Waals surface area contributed by atoms with E-state index in [1.807, 2.05) is 44.2 Å². The number of nitrogens with zero attached hydrogens (tertiary/aromatic N) is 3. The fraction of sp³-hybridized carbons (Fsp3) is 0.250. The predicted octanol–water partition coefficient (Wildman–Crippen LogP) is 4.00. The molecule has 0 atom stereocenters. The molecule has 1 heterocycles. The lowest BCUT2D eigenvalue weighted by molar-refractivity contribution is -0.116. The molecule has 0 aliphatic rings. The summed E-state index contributed by atoms with van der Waals surface area (Å²) in [5.41, 5.74) is 3.60. The van der Waals surface area contributed by atoms with E-state index in [1.165, 1.54) is 11.8 Å². The lowest BCUT2D eigenvalue weighted by Gasteiger charge is -2.10. The first-order valence-corrected chi connectivity index (χ1v) is 11.4. The van der Waals surface area contributed by atoms with Crippen molar-refractivity contribution >= 4 is 35.0 Å². The quantitative estimate of drug-likeness (QED) is 0.347. The number of rotatable bonds is 10. The minimum Gasteiger partial charge on any atom is -0.495 e. The standard InChI is InChI=1S/C24H27N5O3S/c1-5-12-29-21(14-22(30)25-18-11-10-16(2)17(3)13-18)27-28-24(29)33-15-23(31)26-19-8-6-7-9-20(19)32-4/h5-11,13H,1,12,14-15H2,2-4H3,(H,25,30)(H,26,31). The monoisotopic (exact) mass is 465 g/mol. The maximum atomic E-state index is 12.6. The van der Waals surface area contributed by atoms with Gasteiger partial charge in [0.25, 0.3) is 0 Å². The number of benzene rings is 2. The summed E-state index contributed by atoms with van der Waals surface area (Å²) in [6, 6.07) is 13.0. The van der Waals surface area contributed by atoms with Crippen LogP contribution >= 0.6 is 11.8 Å². The van der Waals surface area contributed by atoms with Crippen LogP contribution in [0.15, 0.2) is 60.3 Å². The number of thioether (sulfide) groups is 1. The number of allylic oxidation sites excluding steroid dienone is 1. The van der Waals surface area contributed by atoms with Gasteiger partial charge in [-0.25, -0.2) is 0 Å². The third kappa shape index (κ3) is 6.45. The topological polar surface area (TPSA) is 98.1 Å². The van der Waals surface area contributed by atoms with Crippen molar-refractivity contribution in [3.05, 3.63) is 72.1 Å². The van der Waals surface area contributed by atoms with Gasteiger partial charge in [-0.05, 0) is 49.2 Å². The summed E-state index contributed by atoms with van der Waals surface area (Å²) in [4.78, 5) is 25.0. The molecule has 3 aromatic rings. The molecule has 2 N–H and O–H groups in total. The molecule has 0 saturated carbocycles.